The molecule has 2 aliphatic heterocycles. The van der Waals surface area contributed by atoms with Crippen molar-refractivity contribution < 1.29 is 19.0 Å². The van der Waals surface area contributed by atoms with E-state index in [9.17, 15) is 4.79 Å². The first-order chi connectivity index (χ1) is 21.8. The van der Waals surface area contributed by atoms with Crippen molar-refractivity contribution in [3.63, 3.8) is 0 Å². The Labute approximate surface area is 278 Å². The molecule has 3 fully saturated rings. The van der Waals surface area contributed by atoms with Crippen LogP contribution in [0.2, 0.25) is 5.28 Å². The Kier molecular flexibility index (Phi) is 8.02. The molecule has 0 bridgehead atoms. The molecular weight excluding hydrogens is 624 g/mol. The average Bonchev–Trinajstić information content (AvgIpc) is 3.74. The number of nitrogens with two attached hydrogens (primary N) is 1. The van der Waals surface area contributed by atoms with Crippen LogP contribution < -0.4 is 5.73 Å². The molecule has 5 heterocycles. The Morgan fingerprint density at radius 3 is 2.67 bits per heavy atom. The fourth-order valence-corrected chi connectivity index (χ4v) is 8.46. The number of carbonyl (C=O) groups excluding carboxylic acids is 1. The quantitative estimate of drug-likeness (QED) is 0.224. The van der Waals surface area contributed by atoms with Crippen LogP contribution in [-0.4, -0.2) is 67.2 Å². The highest BCUT2D eigenvalue weighted by molar-refractivity contribution is 7.13. The van der Waals surface area contributed by atoms with Crippen molar-refractivity contribution in [2.24, 2.45) is 11.8 Å². The lowest BCUT2D eigenvalue weighted by molar-refractivity contribution is -0.163. The first-order valence-corrected chi connectivity index (χ1v) is 17.3. The van der Waals surface area contributed by atoms with Crippen LogP contribution in [0.25, 0.3) is 21.6 Å². The van der Waals surface area contributed by atoms with Gasteiger partial charge in [0.25, 0.3) is 0 Å². The van der Waals surface area contributed by atoms with Crippen molar-refractivity contribution in [1.82, 2.24) is 24.4 Å². The number of benzene rings is 1. The number of amides is 1. The van der Waals surface area contributed by atoms with Gasteiger partial charge in [0.05, 0.1) is 23.2 Å². The molecule has 7 rings (SSSR count). The maximum absolute atomic E-state index is 13.0. The van der Waals surface area contributed by atoms with Gasteiger partial charge >= 0.3 is 6.09 Å². The van der Waals surface area contributed by atoms with Crippen LogP contribution in [0.4, 0.5) is 10.6 Å². The van der Waals surface area contributed by atoms with Crippen molar-refractivity contribution in [3.8, 4) is 10.6 Å². The molecule has 3 aliphatic rings. The Bertz CT molecular complexity index is 1750. The molecule has 1 aliphatic carbocycles. The minimum absolute atomic E-state index is 0.0927. The molecule has 46 heavy (non-hydrogen) atoms. The summed E-state index contributed by atoms with van der Waals surface area (Å²) in [6.07, 6.45) is 4.92. The molecule has 1 amide bonds. The second-order valence-corrected chi connectivity index (χ2v) is 15.4. The minimum Gasteiger partial charge on any atom is -0.444 e. The second-order valence-electron chi connectivity index (χ2n) is 14.2. The zero-order valence-corrected chi connectivity index (χ0v) is 28.5. The number of nitrogens with zero attached hydrogens (tertiary/aromatic N) is 5. The number of ether oxygens (including phenoxy) is 3. The standard InChI is InChI=1S/C34H41ClN6O4S/c1-33(2,3)45-32(42)40-13-9-12-20(16-40)22-15-24(27-26(22)43-34(4,5)44-27)41-17-23(25-28(36)38-31(35)39-29(25)41)30-37-21(18-46-30)14-19-10-7-6-8-11-19/h6-8,10-11,17-18,20,22,24,26-27H,9,12-16H2,1-5H3,(H2,36,38,39)/t20?,22-,24-,26-,27+/m1/s1. The van der Waals surface area contributed by atoms with Gasteiger partial charge in [-0.3, -0.25) is 0 Å². The molecule has 244 valence electrons. The van der Waals surface area contributed by atoms with Crippen molar-refractivity contribution in [2.75, 3.05) is 18.8 Å². The summed E-state index contributed by atoms with van der Waals surface area (Å²) in [6.45, 7) is 11.0. The van der Waals surface area contributed by atoms with E-state index in [0.717, 1.165) is 47.3 Å². The van der Waals surface area contributed by atoms with Crippen molar-refractivity contribution in [3.05, 3.63) is 58.4 Å². The van der Waals surface area contributed by atoms with E-state index < -0.39 is 11.4 Å². The van der Waals surface area contributed by atoms with Crippen LogP contribution >= 0.6 is 22.9 Å². The predicted molar refractivity (Wildman–Crippen MR) is 179 cm³/mol. The Morgan fingerprint density at radius 1 is 1.15 bits per heavy atom. The van der Waals surface area contributed by atoms with Gasteiger partial charge in [-0.25, -0.2) is 14.8 Å². The third-order valence-electron chi connectivity index (χ3n) is 9.23. The molecule has 2 saturated heterocycles. The molecule has 1 saturated carbocycles. The number of halogens is 1. The maximum atomic E-state index is 13.0. The third kappa shape index (κ3) is 6.10. The van der Waals surface area contributed by atoms with Gasteiger partial charge in [-0.2, -0.15) is 4.98 Å². The van der Waals surface area contributed by atoms with Gasteiger partial charge in [0.2, 0.25) is 5.28 Å². The number of anilines is 1. The summed E-state index contributed by atoms with van der Waals surface area (Å²) in [5.74, 6) is -0.0284. The highest BCUT2D eigenvalue weighted by Crippen LogP contribution is 2.52. The van der Waals surface area contributed by atoms with Crippen LogP contribution in [0.3, 0.4) is 0 Å². The number of hydrogen-bond donors (Lipinski definition) is 1. The molecule has 0 spiro atoms. The van der Waals surface area contributed by atoms with E-state index in [0.29, 0.717) is 24.6 Å². The lowest BCUT2D eigenvalue weighted by Gasteiger charge is -2.38. The summed E-state index contributed by atoms with van der Waals surface area (Å²) in [7, 11) is 0. The summed E-state index contributed by atoms with van der Waals surface area (Å²) in [6, 6.07) is 10.2. The number of fused-ring (bicyclic) bond motifs is 2. The van der Waals surface area contributed by atoms with E-state index in [-0.39, 0.29) is 41.5 Å². The fourth-order valence-electron chi connectivity index (χ4n) is 7.46. The first-order valence-electron chi connectivity index (χ1n) is 16.0. The number of hydrogen-bond acceptors (Lipinski definition) is 9. The van der Waals surface area contributed by atoms with Crippen LogP contribution in [0.5, 0.6) is 0 Å². The van der Waals surface area contributed by atoms with E-state index in [1.54, 1.807) is 11.3 Å². The SMILES string of the molecule is CC(C)(C)OC(=O)N1CCCC([C@H]2C[C@@H](n3cc(-c4nc(Cc5ccccc5)cs4)c4c(N)nc(Cl)nc43)[C@@H]3OC(C)(C)O[C@@H]32)C1. The number of rotatable bonds is 5. The molecule has 2 N–H and O–H groups in total. The smallest absolute Gasteiger partial charge is 0.410 e. The number of carbonyl (C=O) groups is 1. The minimum atomic E-state index is -0.745. The Balaban J connectivity index is 1.23. The molecule has 4 aromatic rings. The van der Waals surface area contributed by atoms with E-state index in [2.05, 4.69) is 33.3 Å². The van der Waals surface area contributed by atoms with Gasteiger partial charge < -0.3 is 29.4 Å². The Hall–Kier alpha value is -3.25. The van der Waals surface area contributed by atoms with E-state index in [1.807, 2.05) is 57.7 Å². The Morgan fingerprint density at radius 2 is 1.91 bits per heavy atom. The third-order valence-corrected chi connectivity index (χ3v) is 10.3. The van der Waals surface area contributed by atoms with Gasteiger partial charge in [0.1, 0.15) is 28.2 Å². The lowest BCUT2D eigenvalue weighted by atomic mass is 9.83. The van der Waals surface area contributed by atoms with Crippen LogP contribution in [0, 0.1) is 11.8 Å². The molecule has 3 aromatic heterocycles. The molecule has 5 atom stereocenters. The van der Waals surface area contributed by atoms with E-state index in [1.165, 1.54) is 5.56 Å². The fraction of sp³-hybridized carbons (Fsp3) is 0.529. The largest absolute Gasteiger partial charge is 0.444 e. The van der Waals surface area contributed by atoms with Crippen molar-refractivity contribution in [2.45, 2.75) is 89.9 Å². The summed E-state index contributed by atoms with van der Waals surface area (Å²) in [5.41, 5.74) is 9.72. The average molecular weight is 665 g/mol. The lowest BCUT2D eigenvalue weighted by Crippen LogP contribution is -2.46. The number of nitrogen functional groups attached to an aromatic ring is 1. The number of likely N-dealkylation sites (tertiary alicyclic amines) is 1. The normalized spacial score (nSPS) is 26.0. The molecule has 10 nitrogen and oxygen atoms in total. The van der Waals surface area contributed by atoms with Crippen LogP contribution in [0.15, 0.2) is 41.9 Å². The molecule has 1 aromatic carbocycles. The summed E-state index contributed by atoms with van der Waals surface area (Å²) in [4.78, 5) is 28.9. The second kappa shape index (κ2) is 11.8. The van der Waals surface area contributed by atoms with Crippen LogP contribution in [-0.2, 0) is 20.6 Å². The first kappa shape index (κ1) is 31.4. The number of aromatic nitrogens is 4. The van der Waals surface area contributed by atoms with Crippen LogP contribution in [0.1, 0.15) is 71.2 Å². The molecule has 0 radical (unpaired) electrons. The van der Waals surface area contributed by atoms with Gasteiger partial charge in [-0.1, -0.05) is 30.3 Å². The predicted octanol–water partition coefficient (Wildman–Crippen LogP) is 7.11. The number of piperidine rings is 1. The summed E-state index contributed by atoms with van der Waals surface area (Å²) < 4.78 is 21.1. The topological polar surface area (TPSA) is 118 Å². The molecule has 12 heteroatoms. The summed E-state index contributed by atoms with van der Waals surface area (Å²) >= 11 is 8.00. The number of thiazole rings is 1. The highest BCUT2D eigenvalue weighted by atomic mass is 35.5. The van der Waals surface area contributed by atoms with Gasteiger partial charge in [0, 0.05) is 36.7 Å². The zero-order chi connectivity index (χ0) is 32.4. The van der Waals surface area contributed by atoms with E-state index >= 15 is 0 Å². The van der Waals surface area contributed by atoms with Gasteiger partial charge in [0.15, 0.2) is 5.79 Å². The van der Waals surface area contributed by atoms with Gasteiger partial charge in [-0.15, -0.1) is 11.3 Å². The highest BCUT2D eigenvalue weighted by Gasteiger charge is 2.57. The maximum Gasteiger partial charge on any atom is 0.410 e. The van der Waals surface area contributed by atoms with E-state index in [4.69, 9.17) is 41.5 Å². The molecule has 1 unspecified atom stereocenters. The van der Waals surface area contributed by atoms with Crippen molar-refractivity contribution >= 4 is 45.9 Å². The zero-order valence-electron chi connectivity index (χ0n) is 26.9. The molecular formula is C34H41ClN6O4S. The summed E-state index contributed by atoms with van der Waals surface area (Å²) in [5, 5.41) is 3.77. The van der Waals surface area contributed by atoms with Crippen molar-refractivity contribution in [1.29, 1.82) is 0 Å². The monoisotopic (exact) mass is 664 g/mol. The van der Waals surface area contributed by atoms with Gasteiger partial charge in [-0.05, 0) is 82.9 Å².